The fraction of sp³-hybridized carbons (Fsp3) is 0.900. The van der Waals surface area contributed by atoms with Gasteiger partial charge in [-0.1, -0.05) is 6.92 Å². The van der Waals surface area contributed by atoms with Crippen LogP contribution in [0.25, 0.3) is 0 Å². The maximum absolute atomic E-state index is 11.4. The molecule has 2 heteroatoms. The van der Waals surface area contributed by atoms with Crippen molar-refractivity contribution in [3.63, 3.8) is 0 Å². The zero-order valence-corrected chi connectivity index (χ0v) is 8.01. The Hall–Kier alpha value is -0.370. The van der Waals surface area contributed by atoms with Crippen LogP contribution >= 0.6 is 0 Å². The van der Waals surface area contributed by atoms with Crippen LogP contribution in [0, 0.1) is 11.8 Å². The van der Waals surface area contributed by atoms with Crippen LogP contribution < -0.4 is 0 Å². The highest BCUT2D eigenvalue weighted by Gasteiger charge is 2.26. The summed E-state index contributed by atoms with van der Waals surface area (Å²) in [7, 11) is 0. The Morgan fingerprint density at radius 3 is 2.75 bits per heavy atom. The molecule has 0 aromatic carbocycles. The van der Waals surface area contributed by atoms with Gasteiger partial charge in [-0.2, -0.15) is 0 Å². The summed E-state index contributed by atoms with van der Waals surface area (Å²) in [6.07, 6.45) is 3.36. The number of ketones is 1. The highest BCUT2D eigenvalue weighted by atomic mass is 16.5. The molecule has 2 unspecified atom stereocenters. The predicted molar refractivity (Wildman–Crippen MR) is 48.0 cm³/mol. The van der Waals surface area contributed by atoms with Gasteiger partial charge in [0.2, 0.25) is 0 Å². The minimum atomic E-state index is 0.298. The third-order valence-electron chi connectivity index (χ3n) is 2.60. The zero-order chi connectivity index (χ0) is 8.97. The number of carbonyl (C=O) groups excluding carboxylic acids is 1. The summed E-state index contributed by atoms with van der Waals surface area (Å²) in [6.45, 7) is 5.11. The third-order valence-corrected chi connectivity index (χ3v) is 2.60. The summed E-state index contributed by atoms with van der Waals surface area (Å²) in [5.41, 5.74) is 0. The van der Waals surface area contributed by atoms with E-state index in [2.05, 4.69) is 6.92 Å². The number of rotatable bonds is 4. The molecule has 0 spiro atoms. The second-order valence-electron chi connectivity index (χ2n) is 3.72. The SMILES string of the molecule is CCOCC(=O)C1CCC(C)C1. The normalized spacial score (nSPS) is 29.2. The second-order valence-corrected chi connectivity index (χ2v) is 3.72. The highest BCUT2D eigenvalue weighted by Crippen LogP contribution is 2.30. The molecule has 0 radical (unpaired) electrons. The van der Waals surface area contributed by atoms with Crippen LogP contribution in [0.1, 0.15) is 33.1 Å². The maximum Gasteiger partial charge on any atom is 0.161 e. The molecule has 1 aliphatic carbocycles. The first-order valence-electron chi connectivity index (χ1n) is 4.84. The summed E-state index contributed by atoms with van der Waals surface area (Å²) in [6, 6.07) is 0. The third kappa shape index (κ3) is 2.59. The molecule has 0 aromatic heterocycles. The molecule has 1 rings (SSSR count). The lowest BCUT2D eigenvalue weighted by Crippen LogP contribution is -2.17. The van der Waals surface area contributed by atoms with E-state index in [0.717, 1.165) is 18.8 Å². The first-order chi connectivity index (χ1) is 5.74. The number of carbonyl (C=O) groups is 1. The van der Waals surface area contributed by atoms with Crippen LogP contribution in [0.4, 0.5) is 0 Å². The zero-order valence-electron chi connectivity index (χ0n) is 8.01. The van der Waals surface area contributed by atoms with Crippen molar-refractivity contribution in [3.8, 4) is 0 Å². The van der Waals surface area contributed by atoms with Gasteiger partial charge >= 0.3 is 0 Å². The Morgan fingerprint density at radius 1 is 1.50 bits per heavy atom. The molecular formula is C10H18O2. The van der Waals surface area contributed by atoms with E-state index in [1.165, 1.54) is 6.42 Å². The van der Waals surface area contributed by atoms with Gasteiger partial charge < -0.3 is 4.74 Å². The molecule has 0 heterocycles. The van der Waals surface area contributed by atoms with Crippen LogP contribution in [-0.2, 0) is 9.53 Å². The lowest BCUT2D eigenvalue weighted by molar-refractivity contribution is -0.127. The van der Waals surface area contributed by atoms with Crippen molar-refractivity contribution < 1.29 is 9.53 Å². The van der Waals surface area contributed by atoms with Gasteiger partial charge in [-0.15, -0.1) is 0 Å². The fourth-order valence-electron chi connectivity index (χ4n) is 1.82. The van der Waals surface area contributed by atoms with Crippen LogP contribution in [0.2, 0.25) is 0 Å². The molecular weight excluding hydrogens is 152 g/mol. The first-order valence-corrected chi connectivity index (χ1v) is 4.84. The molecule has 12 heavy (non-hydrogen) atoms. The summed E-state index contributed by atoms with van der Waals surface area (Å²) in [4.78, 5) is 11.4. The summed E-state index contributed by atoms with van der Waals surface area (Å²) in [5, 5.41) is 0. The van der Waals surface area contributed by atoms with Crippen molar-refractivity contribution >= 4 is 5.78 Å². The summed E-state index contributed by atoms with van der Waals surface area (Å²) >= 11 is 0. The van der Waals surface area contributed by atoms with Gasteiger partial charge in [-0.3, -0.25) is 4.79 Å². The average Bonchev–Trinajstić information content (AvgIpc) is 2.47. The largest absolute Gasteiger partial charge is 0.374 e. The molecule has 2 nitrogen and oxygen atoms in total. The maximum atomic E-state index is 11.4. The summed E-state index contributed by atoms with van der Waals surface area (Å²) in [5.74, 6) is 1.34. The molecule has 1 fully saturated rings. The lowest BCUT2D eigenvalue weighted by Gasteiger charge is -2.07. The van der Waals surface area contributed by atoms with Crippen molar-refractivity contribution in [2.75, 3.05) is 13.2 Å². The van der Waals surface area contributed by atoms with Crippen molar-refractivity contribution in [1.29, 1.82) is 0 Å². The number of ether oxygens (including phenoxy) is 1. The van der Waals surface area contributed by atoms with Crippen molar-refractivity contribution in [2.24, 2.45) is 11.8 Å². The first kappa shape index (κ1) is 9.72. The van der Waals surface area contributed by atoms with Crippen LogP contribution in [0.3, 0.4) is 0 Å². The van der Waals surface area contributed by atoms with E-state index in [4.69, 9.17) is 4.74 Å². The molecule has 2 atom stereocenters. The Labute approximate surface area is 74.3 Å². The van der Waals surface area contributed by atoms with Gasteiger partial charge in [0, 0.05) is 12.5 Å². The smallest absolute Gasteiger partial charge is 0.161 e. The molecule has 0 saturated heterocycles. The van der Waals surface area contributed by atoms with E-state index in [0.29, 0.717) is 24.9 Å². The van der Waals surface area contributed by atoms with Crippen molar-refractivity contribution in [1.82, 2.24) is 0 Å². The Morgan fingerprint density at radius 2 is 2.25 bits per heavy atom. The van der Waals surface area contributed by atoms with Gasteiger partial charge in [0.1, 0.15) is 6.61 Å². The van der Waals surface area contributed by atoms with E-state index in [-0.39, 0.29) is 0 Å². The molecule has 1 aliphatic rings. The van der Waals surface area contributed by atoms with E-state index in [9.17, 15) is 4.79 Å². The fourth-order valence-corrected chi connectivity index (χ4v) is 1.82. The van der Waals surface area contributed by atoms with Crippen LogP contribution in [0.15, 0.2) is 0 Å². The second kappa shape index (κ2) is 4.61. The van der Waals surface area contributed by atoms with E-state index in [1.54, 1.807) is 0 Å². The Kier molecular flexibility index (Phi) is 3.73. The van der Waals surface area contributed by atoms with Crippen LogP contribution in [0.5, 0.6) is 0 Å². The quantitative estimate of drug-likeness (QED) is 0.645. The molecule has 1 saturated carbocycles. The minimum absolute atomic E-state index is 0.298. The predicted octanol–water partition coefficient (Wildman–Crippen LogP) is 2.03. The minimum Gasteiger partial charge on any atom is -0.374 e. The molecule has 70 valence electrons. The molecule has 0 bridgehead atoms. The number of hydrogen-bond acceptors (Lipinski definition) is 2. The average molecular weight is 170 g/mol. The summed E-state index contributed by atoms with van der Waals surface area (Å²) < 4.78 is 5.09. The van der Waals surface area contributed by atoms with Crippen LogP contribution in [-0.4, -0.2) is 19.0 Å². The van der Waals surface area contributed by atoms with E-state index in [1.807, 2.05) is 6.92 Å². The molecule has 0 aromatic rings. The van der Waals surface area contributed by atoms with Gasteiger partial charge in [0.25, 0.3) is 0 Å². The topological polar surface area (TPSA) is 26.3 Å². The molecule has 0 amide bonds. The molecule has 0 aliphatic heterocycles. The number of Topliss-reactive ketones (excluding diaryl/α,β-unsaturated/α-hetero) is 1. The van der Waals surface area contributed by atoms with Gasteiger partial charge in [0.05, 0.1) is 0 Å². The lowest BCUT2D eigenvalue weighted by atomic mass is 10.0. The Balaban J connectivity index is 2.23. The van der Waals surface area contributed by atoms with Gasteiger partial charge in [-0.05, 0) is 32.1 Å². The highest BCUT2D eigenvalue weighted by molar-refractivity contribution is 5.82. The van der Waals surface area contributed by atoms with Crippen molar-refractivity contribution in [3.05, 3.63) is 0 Å². The Bertz CT molecular complexity index is 154. The van der Waals surface area contributed by atoms with Crippen molar-refractivity contribution in [2.45, 2.75) is 33.1 Å². The monoisotopic (exact) mass is 170 g/mol. The standard InChI is InChI=1S/C10H18O2/c1-3-12-7-10(11)9-5-4-8(2)6-9/h8-9H,3-7H2,1-2H3. The van der Waals surface area contributed by atoms with E-state index < -0.39 is 0 Å². The van der Waals surface area contributed by atoms with Gasteiger partial charge in [-0.25, -0.2) is 0 Å². The van der Waals surface area contributed by atoms with E-state index >= 15 is 0 Å². The molecule has 0 N–H and O–H groups in total. The number of hydrogen-bond donors (Lipinski definition) is 0. The van der Waals surface area contributed by atoms with Gasteiger partial charge in [0.15, 0.2) is 5.78 Å².